The van der Waals surface area contributed by atoms with Crippen molar-refractivity contribution < 1.29 is 14.6 Å². The maximum absolute atomic E-state index is 11.8. The van der Waals surface area contributed by atoms with Crippen molar-refractivity contribution in [2.45, 2.75) is 31.9 Å². The number of nitrogens with zero attached hydrogens (tertiary/aromatic N) is 1. The fourth-order valence-corrected chi connectivity index (χ4v) is 2.63. The van der Waals surface area contributed by atoms with Gasteiger partial charge in [0, 0.05) is 12.1 Å². The molecular formula is C14H19NO3. The molecule has 4 nitrogen and oxygen atoms in total. The number of ether oxygens (including phenoxy) is 1. The summed E-state index contributed by atoms with van der Waals surface area (Å²) in [6, 6.07) is 7.35. The van der Waals surface area contributed by atoms with Gasteiger partial charge in [0.25, 0.3) is 0 Å². The largest absolute Gasteiger partial charge is 0.465 e. The predicted octanol–water partition coefficient (Wildman–Crippen LogP) is 1.82. The van der Waals surface area contributed by atoms with E-state index in [1.165, 1.54) is 7.11 Å². The number of anilines is 1. The van der Waals surface area contributed by atoms with Crippen molar-refractivity contribution in [1.82, 2.24) is 0 Å². The zero-order valence-corrected chi connectivity index (χ0v) is 11.0. The Morgan fingerprint density at radius 2 is 2.11 bits per heavy atom. The highest BCUT2D eigenvalue weighted by Gasteiger charge is 2.38. The van der Waals surface area contributed by atoms with Gasteiger partial charge in [-0.05, 0) is 32.4 Å². The van der Waals surface area contributed by atoms with Gasteiger partial charge in [-0.25, -0.2) is 4.79 Å². The molecule has 2 rings (SSSR count). The van der Waals surface area contributed by atoms with Crippen molar-refractivity contribution in [2.24, 2.45) is 0 Å². The van der Waals surface area contributed by atoms with E-state index >= 15 is 0 Å². The first-order chi connectivity index (χ1) is 8.45. The van der Waals surface area contributed by atoms with Crippen LogP contribution in [0.3, 0.4) is 0 Å². The smallest absolute Gasteiger partial charge is 0.339 e. The molecule has 4 heteroatoms. The lowest BCUT2D eigenvalue weighted by Crippen LogP contribution is -2.39. The molecule has 1 atom stereocenters. The lowest BCUT2D eigenvalue weighted by atomic mass is 10.00. The van der Waals surface area contributed by atoms with E-state index in [4.69, 9.17) is 4.74 Å². The van der Waals surface area contributed by atoms with Crippen molar-refractivity contribution in [2.75, 3.05) is 18.6 Å². The van der Waals surface area contributed by atoms with Crippen molar-refractivity contribution in [3.63, 3.8) is 0 Å². The number of methoxy groups -OCH3 is 1. The zero-order valence-electron chi connectivity index (χ0n) is 11.0. The maximum atomic E-state index is 11.8. The molecule has 0 aliphatic carbocycles. The number of β-amino-alcohol motifs (C(OH)–C–C–N with tert-alkyl or cyclic N) is 1. The number of benzene rings is 1. The van der Waals surface area contributed by atoms with Gasteiger partial charge in [0.15, 0.2) is 0 Å². The van der Waals surface area contributed by atoms with E-state index in [9.17, 15) is 9.90 Å². The third-order valence-corrected chi connectivity index (χ3v) is 3.46. The molecular weight excluding hydrogens is 230 g/mol. The van der Waals surface area contributed by atoms with Crippen LogP contribution in [0.25, 0.3) is 0 Å². The molecule has 1 aromatic carbocycles. The Kier molecular flexibility index (Phi) is 3.30. The molecule has 0 bridgehead atoms. The standard InChI is InChI=1S/C14H19NO3/c1-14(2)8-10(16)9-15(14)12-7-5-4-6-11(12)13(17)18-3/h4-7,10,16H,8-9H2,1-3H3. The molecule has 1 heterocycles. The van der Waals surface area contributed by atoms with Crippen LogP contribution in [-0.4, -0.2) is 36.4 Å². The summed E-state index contributed by atoms with van der Waals surface area (Å²) in [5, 5.41) is 9.83. The molecule has 0 radical (unpaired) electrons. The lowest BCUT2D eigenvalue weighted by Gasteiger charge is -2.34. The van der Waals surface area contributed by atoms with E-state index in [1.807, 2.05) is 18.2 Å². The van der Waals surface area contributed by atoms with Crippen molar-refractivity contribution in [3.05, 3.63) is 29.8 Å². The second kappa shape index (κ2) is 4.61. The molecule has 1 saturated heterocycles. The number of carbonyl (C=O) groups excluding carboxylic acids is 1. The van der Waals surface area contributed by atoms with Crippen molar-refractivity contribution >= 4 is 11.7 Å². The molecule has 1 unspecified atom stereocenters. The molecule has 1 aliphatic heterocycles. The summed E-state index contributed by atoms with van der Waals surface area (Å²) in [7, 11) is 1.38. The van der Waals surface area contributed by atoms with Gasteiger partial charge in [-0.1, -0.05) is 12.1 Å². The molecule has 0 amide bonds. The van der Waals surface area contributed by atoms with Crippen LogP contribution >= 0.6 is 0 Å². The first-order valence-corrected chi connectivity index (χ1v) is 6.09. The summed E-state index contributed by atoms with van der Waals surface area (Å²) in [4.78, 5) is 13.8. The summed E-state index contributed by atoms with van der Waals surface area (Å²) in [6.45, 7) is 4.68. The monoisotopic (exact) mass is 249 g/mol. The Labute approximate surface area is 107 Å². The van der Waals surface area contributed by atoms with Crippen LogP contribution in [0.5, 0.6) is 0 Å². The second-order valence-corrected chi connectivity index (χ2v) is 5.29. The normalized spacial score (nSPS) is 22.0. The van der Waals surface area contributed by atoms with Gasteiger partial charge in [0.2, 0.25) is 0 Å². The van der Waals surface area contributed by atoms with E-state index in [1.54, 1.807) is 6.07 Å². The van der Waals surface area contributed by atoms with Crippen molar-refractivity contribution in [3.8, 4) is 0 Å². The van der Waals surface area contributed by atoms with Gasteiger partial charge >= 0.3 is 5.97 Å². The fraction of sp³-hybridized carbons (Fsp3) is 0.500. The highest BCUT2D eigenvalue weighted by Crippen LogP contribution is 2.35. The second-order valence-electron chi connectivity index (χ2n) is 5.29. The first-order valence-electron chi connectivity index (χ1n) is 6.09. The van der Waals surface area contributed by atoms with Crippen LogP contribution in [0, 0.1) is 0 Å². The maximum Gasteiger partial charge on any atom is 0.339 e. The summed E-state index contributed by atoms with van der Waals surface area (Å²) < 4.78 is 4.80. The van der Waals surface area contributed by atoms with Gasteiger partial charge in [-0.3, -0.25) is 0 Å². The number of aliphatic hydroxyl groups is 1. The number of aliphatic hydroxyl groups excluding tert-OH is 1. The highest BCUT2D eigenvalue weighted by atomic mass is 16.5. The summed E-state index contributed by atoms with van der Waals surface area (Å²) in [6.07, 6.45) is 0.341. The van der Waals surface area contributed by atoms with E-state index in [-0.39, 0.29) is 17.6 Å². The third-order valence-electron chi connectivity index (χ3n) is 3.46. The number of esters is 1. The summed E-state index contributed by atoms with van der Waals surface area (Å²) in [5.41, 5.74) is 1.21. The Morgan fingerprint density at radius 3 is 2.67 bits per heavy atom. The van der Waals surface area contributed by atoms with Gasteiger partial charge in [0.05, 0.1) is 24.5 Å². The summed E-state index contributed by atoms with van der Waals surface area (Å²) in [5.74, 6) is -0.345. The average Bonchev–Trinajstić information content (AvgIpc) is 2.61. The average molecular weight is 249 g/mol. The Bertz CT molecular complexity index is 456. The SMILES string of the molecule is COC(=O)c1ccccc1N1CC(O)CC1(C)C. The number of hydrogen-bond acceptors (Lipinski definition) is 4. The van der Waals surface area contributed by atoms with Crippen LogP contribution in [0.2, 0.25) is 0 Å². The van der Waals surface area contributed by atoms with E-state index < -0.39 is 0 Å². The molecule has 0 saturated carbocycles. The number of rotatable bonds is 2. The van der Waals surface area contributed by atoms with Crippen molar-refractivity contribution in [1.29, 1.82) is 0 Å². The zero-order chi connectivity index (χ0) is 13.3. The first kappa shape index (κ1) is 12.9. The van der Waals surface area contributed by atoms with E-state index in [0.29, 0.717) is 18.5 Å². The molecule has 1 fully saturated rings. The third kappa shape index (κ3) is 2.20. The molecule has 0 spiro atoms. The minimum Gasteiger partial charge on any atom is -0.465 e. The molecule has 1 aliphatic rings. The number of hydrogen-bond donors (Lipinski definition) is 1. The minimum absolute atomic E-state index is 0.163. The molecule has 0 aromatic heterocycles. The van der Waals surface area contributed by atoms with Crippen LogP contribution in [0.4, 0.5) is 5.69 Å². The van der Waals surface area contributed by atoms with E-state index in [2.05, 4.69) is 18.7 Å². The predicted molar refractivity (Wildman–Crippen MR) is 69.8 cm³/mol. The highest BCUT2D eigenvalue weighted by molar-refractivity contribution is 5.96. The van der Waals surface area contributed by atoms with Crippen LogP contribution < -0.4 is 4.90 Å². The summed E-state index contributed by atoms with van der Waals surface area (Å²) >= 11 is 0. The Hall–Kier alpha value is -1.55. The molecule has 18 heavy (non-hydrogen) atoms. The Balaban J connectivity index is 2.42. The number of carbonyl (C=O) groups is 1. The van der Waals surface area contributed by atoms with Gasteiger partial charge < -0.3 is 14.7 Å². The van der Waals surface area contributed by atoms with Gasteiger partial charge in [0.1, 0.15) is 0 Å². The molecule has 1 N–H and O–H groups in total. The van der Waals surface area contributed by atoms with Gasteiger partial charge in [-0.15, -0.1) is 0 Å². The lowest BCUT2D eigenvalue weighted by molar-refractivity contribution is 0.0601. The van der Waals surface area contributed by atoms with Crippen LogP contribution in [0.1, 0.15) is 30.6 Å². The van der Waals surface area contributed by atoms with Gasteiger partial charge in [-0.2, -0.15) is 0 Å². The fourth-order valence-electron chi connectivity index (χ4n) is 2.63. The minimum atomic E-state index is -0.356. The molecule has 1 aromatic rings. The van der Waals surface area contributed by atoms with Crippen LogP contribution in [-0.2, 0) is 4.74 Å². The topological polar surface area (TPSA) is 49.8 Å². The number of para-hydroxylation sites is 1. The van der Waals surface area contributed by atoms with Crippen LogP contribution in [0.15, 0.2) is 24.3 Å². The molecule has 98 valence electrons. The Morgan fingerprint density at radius 1 is 1.44 bits per heavy atom. The quantitative estimate of drug-likeness (QED) is 0.812. The van der Waals surface area contributed by atoms with E-state index in [0.717, 1.165) is 5.69 Å².